The Balaban J connectivity index is 2.07. The molecule has 2 heteroatoms. The Morgan fingerprint density at radius 1 is 1.05 bits per heavy atom. The molecule has 19 heavy (non-hydrogen) atoms. The Hall–Kier alpha value is -1.67. The van der Waals surface area contributed by atoms with Crippen molar-refractivity contribution in [1.82, 2.24) is 0 Å². The number of carbonyl (C=O) groups excluding carboxylic acids is 1. The fourth-order valence-electron chi connectivity index (χ4n) is 1.80. The van der Waals surface area contributed by atoms with Gasteiger partial charge in [0.05, 0.1) is 0 Å². The molecule has 2 aromatic carbocycles. The summed E-state index contributed by atoms with van der Waals surface area (Å²) in [5.74, 6) is 0.0158. The summed E-state index contributed by atoms with van der Waals surface area (Å²) in [4.78, 5) is 12.1. The molecule has 2 rings (SSSR count). The van der Waals surface area contributed by atoms with E-state index in [0.717, 1.165) is 15.6 Å². The number of carbonyl (C=O) groups is 1. The Labute approximate surface area is 122 Å². The second kappa shape index (κ2) is 6.48. The number of ketones is 1. The van der Waals surface area contributed by atoms with Gasteiger partial charge >= 0.3 is 0 Å². The summed E-state index contributed by atoms with van der Waals surface area (Å²) in [6, 6.07) is 17.7. The molecule has 0 fully saturated rings. The van der Waals surface area contributed by atoms with Gasteiger partial charge in [-0.3, -0.25) is 4.79 Å². The van der Waals surface area contributed by atoms with Gasteiger partial charge in [0.25, 0.3) is 0 Å². The molecule has 1 nitrogen and oxygen atoms in total. The first kappa shape index (κ1) is 13.8. The predicted molar refractivity (Wildman–Crippen MR) is 83.0 cm³/mol. The van der Waals surface area contributed by atoms with Crippen LogP contribution in [0.25, 0.3) is 6.08 Å². The molecule has 96 valence electrons. The quantitative estimate of drug-likeness (QED) is 0.738. The standard InChI is InChI=1S/C17H15BrO/c1-13(15-5-3-2-4-6-15)17(19)12-9-14-7-10-16(18)11-8-14/h2-13H,1H3/b12-9+. The second-order valence-electron chi connectivity index (χ2n) is 4.42. The molecule has 2 aromatic rings. The summed E-state index contributed by atoms with van der Waals surface area (Å²) in [6.45, 7) is 1.93. The number of hydrogen-bond acceptors (Lipinski definition) is 1. The highest BCUT2D eigenvalue weighted by Crippen LogP contribution is 2.17. The minimum Gasteiger partial charge on any atom is -0.294 e. The van der Waals surface area contributed by atoms with Crippen molar-refractivity contribution in [3.8, 4) is 0 Å². The van der Waals surface area contributed by atoms with E-state index in [1.54, 1.807) is 6.08 Å². The normalized spacial score (nSPS) is 12.5. The molecule has 0 amide bonds. The minimum atomic E-state index is -0.104. The van der Waals surface area contributed by atoms with Crippen LogP contribution in [0.1, 0.15) is 24.0 Å². The third-order valence-corrected chi connectivity index (χ3v) is 3.57. The summed E-state index contributed by atoms with van der Waals surface area (Å²) >= 11 is 3.39. The lowest BCUT2D eigenvalue weighted by Gasteiger charge is -2.07. The molecule has 0 radical (unpaired) electrons. The topological polar surface area (TPSA) is 17.1 Å². The van der Waals surface area contributed by atoms with Gasteiger partial charge in [0.1, 0.15) is 0 Å². The van der Waals surface area contributed by atoms with E-state index in [9.17, 15) is 4.79 Å². The van der Waals surface area contributed by atoms with Gasteiger partial charge in [-0.2, -0.15) is 0 Å². The van der Waals surface area contributed by atoms with Gasteiger partial charge in [0, 0.05) is 10.4 Å². The van der Waals surface area contributed by atoms with Crippen LogP contribution in [-0.4, -0.2) is 5.78 Å². The molecule has 0 aliphatic carbocycles. The van der Waals surface area contributed by atoms with Crippen LogP contribution in [0.3, 0.4) is 0 Å². The highest BCUT2D eigenvalue weighted by atomic mass is 79.9. The van der Waals surface area contributed by atoms with Crippen LogP contribution in [0.15, 0.2) is 65.1 Å². The lowest BCUT2D eigenvalue weighted by molar-refractivity contribution is -0.115. The number of halogens is 1. The van der Waals surface area contributed by atoms with Gasteiger partial charge in [0.2, 0.25) is 0 Å². The maximum Gasteiger partial charge on any atom is 0.162 e. The fraction of sp³-hybridized carbons (Fsp3) is 0.118. The first-order valence-corrected chi connectivity index (χ1v) is 6.98. The van der Waals surface area contributed by atoms with Gasteiger partial charge in [0.15, 0.2) is 5.78 Å². The lowest BCUT2D eigenvalue weighted by Crippen LogP contribution is -2.05. The number of benzene rings is 2. The maximum absolute atomic E-state index is 12.1. The summed E-state index contributed by atoms with van der Waals surface area (Å²) < 4.78 is 1.04. The third kappa shape index (κ3) is 3.90. The molecule has 0 aromatic heterocycles. The van der Waals surface area contributed by atoms with Crippen LogP contribution in [0.2, 0.25) is 0 Å². The van der Waals surface area contributed by atoms with Crippen molar-refractivity contribution in [1.29, 1.82) is 0 Å². The molecule has 0 saturated carbocycles. The molecule has 0 aliphatic rings. The number of hydrogen-bond donors (Lipinski definition) is 0. The van der Waals surface area contributed by atoms with Crippen LogP contribution in [0, 0.1) is 0 Å². The smallest absolute Gasteiger partial charge is 0.162 e. The Kier molecular flexibility index (Phi) is 4.69. The number of rotatable bonds is 4. The first-order chi connectivity index (χ1) is 9.16. The van der Waals surface area contributed by atoms with Gasteiger partial charge < -0.3 is 0 Å². The van der Waals surface area contributed by atoms with Crippen molar-refractivity contribution in [2.75, 3.05) is 0 Å². The molecular weight excluding hydrogens is 300 g/mol. The molecule has 0 aliphatic heterocycles. The van der Waals surface area contributed by atoms with Crippen molar-refractivity contribution < 1.29 is 4.79 Å². The molecule has 1 atom stereocenters. The Bertz CT molecular complexity index is 570. The highest BCUT2D eigenvalue weighted by Gasteiger charge is 2.11. The van der Waals surface area contributed by atoms with Crippen molar-refractivity contribution in [3.05, 3.63) is 76.3 Å². The summed E-state index contributed by atoms with van der Waals surface area (Å²) in [5.41, 5.74) is 2.07. The van der Waals surface area contributed by atoms with Crippen molar-refractivity contribution in [3.63, 3.8) is 0 Å². The molecule has 0 N–H and O–H groups in total. The van der Waals surface area contributed by atoms with E-state index in [-0.39, 0.29) is 11.7 Å². The van der Waals surface area contributed by atoms with E-state index in [0.29, 0.717) is 0 Å². The summed E-state index contributed by atoms with van der Waals surface area (Å²) in [7, 11) is 0. The zero-order valence-corrected chi connectivity index (χ0v) is 12.3. The largest absolute Gasteiger partial charge is 0.294 e. The molecule has 0 saturated heterocycles. The van der Waals surface area contributed by atoms with Gasteiger partial charge in [-0.25, -0.2) is 0 Å². The molecule has 0 heterocycles. The second-order valence-corrected chi connectivity index (χ2v) is 5.34. The van der Waals surface area contributed by atoms with E-state index >= 15 is 0 Å². The predicted octanol–water partition coefficient (Wildman–Crippen LogP) is 4.84. The van der Waals surface area contributed by atoms with Crippen molar-refractivity contribution in [2.24, 2.45) is 0 Å². The SMILES string of the molecule is CC(C(=O)/C=C/c1ccc(Br)cc1)c1ccccc1. The van der Waals surface area contributed by atoms with Crippen LogP contribution in [0.4, 0.5) is 0 Å². The van der Waals surface area contributed by atoms with E-state index in [4.69, 9.17) is 0 Å². The van der Waals surface area contributed by atoms with Crippen LogP contribution in [0.5, 0.6) is 0 Å². The highest BCUT2D eigenvalue weighted by molar-refractivity contribution is 9.10. The van der Waals surface area contributed by atoms with E-state index in [1.807, 2.05) is 67.6 Å². The van der Waals surface area contributed by atoms with E-state index < -0.39 is 0 Å². The van der Waals surface area contributed by atoms with Crippen LogP contribution in [-0.2, 0) is 4.79 Å². The van der Waals surface area contributed by atoms with Gasteiger partial charge in [-0.15, -0.1) is 0 Å². The minimum absolute atomic E-state index is 0.104. The molecule has 0 bridgehead atoms. The first-order valence-electron chi connectivity index (χ1n) is 6.19. The summed E-state index contributed by atoms with van der Waals surface area (Å²) in [6.07, 6.45) is 3.51. The van der Waals surface area contributed by atoms with Crippen molar-refractivity contribution >= 4 is 27.8 Å². The van der Waals surface area contributed by atoms with Crippen LogP contribution < -0.4 is 0 Å². The number of allylic oxidation sites excluding steroid dienone is 1. The van der Waals surface area contributed by atoms with Gasteiger partial charge in [-0.05, 0) is 29.3 Å². The average Bonchev–Trinajstić information content (AvgIpc) is 2.46. The van der Waals surface area contributed by atoms with Crippen LogP contribution >= 0.6 is 15.9 Å². The zero-order valence-electron chi connectivity index (χ0n) is 10.7. The molecular formula is C17H15BrO. The van der Waals surface area contributed by atoms with E-state index in [2.05, 4.69) is 15.9 Å². The average molecular weight is 315 g/mol. The molecule has 1 unspecified atom stereocenters. The monoisotopic (exact) mass is 314 g/mol. The van der Waals surface area contributed by atoms with E-state index in [1.165, 1.54) is 0 Å². The molecule has 0 spiro atoms. The summed E-state index contributed by atoms with van der Waals surface area (Å²) in [5, 5.41) is 0. The Morgan fingerprint density at radius 2 is 1.68 bits per heavy atom. The third-order valence-electron chi connectivity index (χ3n) is 3.04. The zero-order chi connectivity index (χ0) is 13.7. The van der Waals surface area contributed by atoms with Crippen molar-refractivity contribution in [2.45, 2.75) is 12.8 Å². The van der Waals surface area contributed by atoms with Gasteiger partial charge in [-0.1, -0.05) is 71.4 Å². The maximum atomic E-state index is 12.1. The Morgan fingerprint density at radius 3 is 2.32 bits per heavy atom. The lowest BCUT2D eigenvalue weighted by atomic mass is 9.96. The fourth-order valence-corrected chi connectivity index (χ4v) is 2.07.